The van der Waals surface area contributed by atoms with Gasteiger partial charge in [-0.2, -0.15) is 17.0 Å². The molecule has 0 radical (unpaired) electrons. The number of hydrogen-bond donors (Lipinski definition) is 1. The number of rotatable bonds is 3. The van der Waals surface area contributed by atoms with E-state index in [1.165, 1.54) is 17.9 Å². The van der Waals surface area contributed by atoms with Gasteiger partial charge >= 0.3 is 0 Å². The Labute approximate surface area is 114 Å². The Morgan fingerprint density at radius 2 is 2.11 bits per heavy atom. The SMILES string of the molecule is CC1(C)CCSCC1Nc1ccc(CC#N)cc1. The van der Waals surface area contributed by atoms with Gasteiger partial charge in [-0.1, -0.05) is 26.0 Å². The van der Waals surface area contributed by atoms with E-state index in [-0.39, 0.29) is 0 Å². The molecule has 1 aromatic carbocycles. The fraction of sp³-hybridized carbons (Fsp3) is 0.533. The molecule has 2 rings (SSSR count). The molecule has 0 bridgehead atoms. The molecule has 1 aromatic rings. The highest BCUT2D eigenvalue weighted by molar-refractivity contribution is 7.99. The zero-order valence-electron chi connectivity index (χ0n) is 11.1. The fourth-order valence-electron chi connectivity index (χ4n) is 2.18. The van der Waals surface area contributed by atoms with Crippen molar-refractivity contribution in [1.29, 1.82) is 5.26 Å². The number of hydrogen-bond acceptors (Lipinski definition) is 3. The summed E-state index contributed by atoms with van der Waals surface area (Å²) in [6.45, 7) is 4.68. The molecular weight excluding hydrogens is 240 g/mol. The molecule has 3 heteroatoms. The van der Waals surface area contributed by atoms with Crippen molar-refractivity contribution in [3.05, 3.63) is 29.8 Å². The van der Waals surface area contributed by atoms with Gasteiger partial charge in [-0.05, 0) is 35.3 Å². The third-order valence-electron chi connectivity index (χ3n) is 3.70. The molecule has 1 N–H and O–H groups in total. The minimum absolute atomic E-state index is 0.358. The Bertz CT molecular complexity index is 431. The monoisotopic (exact) mass is 260 g/mol. The third kappa shape index (κ3) is 3.20. The van der Waals surface area contributed by atoms with Gasteiger partial charge in [0.2, 0.25) is 0 Å². The number of benzene rings is 1. The second-order valence-corrected chi connectivity index (χ2v) is 6.69. The van der Waals surface area contributed by atoms with Crippen LogP contribution in [0.1, 0.15) is 25.8 Å². The maximum absolute atomic E-state index is 8.65. The smallest absolute Gasteiger partial charge is 0.0669 e. The first-order valence-corrected chi connectivity index (χ1v) is 7.57. The van der Waals surface area contributed by atoms with Crippen LogP contribution < -0.4 is 5.32 Å². The molecular formula is C15H20N2S. The lowest BCUT2D eigenvalue weighted by molar-refractivity contribution is 0.305. The first kappa shape index (κ1) is 13.3. The summed E-state index contributed by atoms with van der Waals surface area (Å²) < 4.78 is 0. The van der Waals surface area contributed by atoms with Gasteiger partial charge in [0, 0.05) is 17.5 Å². The van der Waals surface area contributed by atoms with Gasteiger partial charge in [0.1, 0.15) is 0 Å². The quantitative estimate of drug-likeness (QED) is 0.900. The van der Waals surface area contributed by atoms with Crippen LogP contribution in [0.2, 0.25) is 0 Å². The van der Waals surface area contributed by atoms with E-state index in [2.05, 4.69) is 37.4 Å². The summed E-state index contributed by atoms with van der Waals surface area (Å²) >= 11 is 2.03. The molecule has 1 heterocycles. The minimum Gasteiger partial charge on any atom is -0.381 e. The lowest BCUT2D eigenvalue weighted by atomic mass is 9.82. The zero-order chi connectivity index (χ0) is 13.0. The van der Waals surface area contributed by atoms with Crippen LogP contribution in [0.25, 0.3) is 0 Å². The maximum Gasteiger partial charge on any atom is 0.0669 e. The summed E-state index contributed by atoms with van der Waals surface area (Å²) in [5, 5.41) is 12.3. The van der Waals surface area contributed by atoms with Crippen molar-refractivity contribution >= 4 is 17.4 Å². The lowest BCUT2D eigenvalue weighted by Crippen LogP contribution is -2.41. The predicted octanol–water partition coefficient (Wildman–Crippen LogP) is 3.70. The van der Waals surface area contributed by atoms with Crippen LogP contribution in [0.3, 0.4) is 0 Å². The molecule has 18 heavy (non-hydrogen) atoms. The van der Waals surface area contributed by atoms with E-state index in [4.69, 9.17) is 5.26 Å². The molecule has 0 saturated carbocycles. The highest BCUT2D eigenvalue weighted by Gasteiger charge is 2.32. The highest BCUT2D eigenvalue weighted by Crippen LogP contribution is 2.35. The molecule has 1 aliphatic rings. The Morgan fingerprint density at radius 3 is 2.72 bits per heavy atom. The molecule has 0 aliphatic carbocycles. The van der Waals surface area contributed by atoms with Crippen LogP contribution in [-0.2, 0) is 6.42 Å². The Kier molecular flexibility index (Phi) is 4.19. The van der Waals surface area contributed by atoms with Crippen molar-refractivity contribution in [2.75, 3.05) is 16.8 Å². The molecule has 0 amide bonds. The van der Waals surface area contributed by atoms with Crippen LogP contribution >= 0.6 is 11.8 Å². The van der Waals surface area contributed by atoms with Crippen LogP contribution in [0.4, 0.5) is 5.69 Å². The van der Waals surface area contributed by atoms with Crippen molar-refractivity contribution in [3.63, 3.8) is 0 Å². The van der Waals surface area contributed by atoms with Crippen molar-refractivity contribution in [1.82, 2.24) is 0 Å². The number of anilines is 1. The molecule has 0 spiro atoms. The minimum atomic E-state index is 0.358. The largest absolute Gasteiger partial charge is 0.381 e. The summed E-state index contributed by atoms with van der Waals surface area (Å²) in [6.07, 6.45) is 1.76. The molecule has 2 nitrogen and oxygen atoms in total. The predicted molar refractivity (Wildman–Crippen MR) is 78.9 cm³/mol. The fourth-order valence-corrected chi connectivity index (χ4v) is 3.79. The zero-order valence-corrected chi connectivity index (χ0v) is 11.9. The van der Waals surface area contributed by atoms with E-state index in [9.17, 15) is 0 Å². The standard InChI is InChI=1S/C15H20N2S/c1-15(2)8-10-18-11-14(15)17-13-5-3-12(4-6-13)7-9-16/h3-6,14,17H,7-8,10-11H2,1-2H3. The van der Waals surface area contributed by atoms with Crippen LogP contribution in [0.15, 0.2) is 24.3 Å². The number of nitrogens with zero attached hydrogens (tertiary/aromatic N) is 1. The first-order chi connectivity index (χ1) is 8.62. The summed E-state index contributed by atoms with van der Waals surface area (Å²) in [7, 11) is 0. The normalized spacial score (nSPS) is 22.2. The van der Waals surface area contributed by atoms with E-state index in [0.29, 0.717) is 17.9 Å². The molecule has 0 aromatic heterocycles. The van der Waals surface area contributed by atoms with E-state index in [1.54, 1.807) is 0 Å². The van der Waals surface area contributed by atoms with E-state index >= 15 is 0 Å². The Morgan fingerprint density at radius 1 is 1.39 bits per heavy atom. The van der Waals surface area contributed by atoms with Gasteiger partial charge < -0.3 is 5.32 Å². The van der Waals surface area contributed by atoms with Gasteiger partial charge in [-0.15, -0.1) is 0 Å². The maximum atomic E-state index is 8.65. The van der Waals surface area contributed by atoms with Crippen LogP contribution in [-0.4, -0.2) is 17.5 Å². The molecule has 96 valence electrons. The van der Waals surface area contributed by atoms with Gasteiger partial charge in [-0.3, -0.25) is 0 Å². The second-order valence-electron chi connectivity index (χ2n) is 5.54. The Balaban J connectivity index is 2.02. The first-order valence-electron chi connectivity index (χ1n) is 6.42. The number of nitrogens with one attached hydrogen (secondary N) is 1. The molecule has 1 saturated heterocycles. The Hall–Kier alpha value is -1.14. The average molecular weight is 260 g/mol. The number of nitriles is 1. The topological polar surface area (TPSA) is 35.8 Å². The van der Waals surface area contributed by atoms with Crippen molar-refractivity contribution < 1.29 is 0 Å². The number of thioether (sulfide) groups is 1. The van der Waals surface area contributed by atoms with E-state index in [0.717, 1.165) is 11.3 Å². The van der Waals surface area contributed by atoms with Crippen LogP contribution in [0.5, 0.6) is 0 Å². The highest BCUT2D eigenvalue weighted by atomic mass is 32.2. The average Bonchev–Trinajstić information content (AvgIpc) is 2.34. The third-order valence-corrected chi connectivity index (χ3v) is 4.76. The molecule has 1 unspecified atom stereocenters. The molecule has 1 aliphatic heterocycles. The molecule has 1 fully saturated rings. The van der Waals surface area contributed by atoms with E-state index in [1.807, 2.05) is 23.9 Å². The molecule has 1 atom stereocenters. The lowest BCUT2D eigenvalue weighted by Gasteiger charge is -2.39. The van der Waals surface area contributed by atoms with Gasteiger partial charge in [0.15, 0.2) is 0 Å². The van der Waals surface area contributed by atoms with Crippen molar-refractivity contribution in [2.45, 2.75) is 32.7 Å². The van der Waals surface area contributed by atoms with Gasteiger partial charge in [-0.25, -0.2) is 0 Å². The van der Waals surface area contributed by atoms with Crippen molar-refractivity contribution in [2.24, 2.45) is 5.41 Å². The summed E-state index contributed by atoms with van der Waals surface area (Å²) in [4.78, 5) is 0. The van der Waals surface area contributed by atoms with Gasteiger partial charge in [0.25, 0.3) is 0 Å². The van der Waals surface area contributed by atoms with Crippen LogP contribution in [0, 0.1) is 16.7 Å². The summed E-state index contributed by atoms with van der Waals surface area (Å²) in [5.41, 5.74) is 2.61. The summed E-state index contributed by atoms with van der Waals surface area (Å²) in [5.74, 6) is 2.44. The van der Waals surface area contributed by atoms with E-state index < -0.39 is 0 Å². The second kappa shape index (κ2) is 5.67. The van der Waals surface area contributed by atoms with Crippen molar-refractivity contribution in [3.8, 4) is 6.07 Å². The van der Waals surface area contributed by atoms with Gasteiger partial charge in [0.05, 0.1) is 12.5 Å². The summed E-state index contributed by atoms with van der Waals surface area (Å²) in [6, 6.07) is 10.9.